The first-order chi connectivity index (χ1) is 11.5. The summed E-state index contributed by atoms with van der Waals surface area (Å²) in [6.45, 7) is 2.93. The molecule has 158 valence electrons. The second-order valence-corrected chi connectivity index (χ2v) is 9.23. The number of alkyl halides is 3. The van der Waals surface area contributed by atoms with Crippen LogP contribution in [-0.4, -0.2) is 60.4 Å². The minimum Gasteiger partial charge on any atom is -0.385 e. The Morgan fingerprint density at radius 1 is 1.15 bits per heavy atom. The van der Waals surface area contributed by atoms with Crippen molar-refractivity contribution in [2.45, 2.75) is 38.3 Å². The van der Waals surface area contributed by atoms with E-state index in [4.69, 9.17) is 22.6 Å². The van der Waals surface area contributed by atoms with E-state index in [-0.39, 0.29) is 5.76 Å². The van der Waals surface area contributed by atoms with Gasteiger partial charge in [-0.25, -0.2) is 0 Å². The predicted octanol–water partition coefficient (Wildman–Crippen LogP) is 2.69. The van der Waals surface area contributed by atoms with Gasteiger partial charge < -0.3 is 9.29 Å². The molecule has 0 aromatic heterocycles. The molecule has 0 amide bonds. The zero-order valence-corrected chi connectivity index (χ0v) is 17.3. The molecule has 1 atom stereocenters. The molecule has 26 heavy (non-hydrogen) atoms. The van der Waals surface area contributed by atoms with E-state index in [1.807, 2.05) is 0 Å². The van der Waals surface area contributed by atoms with E-state index in [1.54, 1.807) is 13.2 Å². The van der Waals surface area contributed by atoms with Gasteiger partial charge in [0, 0.05) is 4.91 Å². The number of rotatable bonds is 4. The van der Waals surface area contributed by atoms with Gasteiger partial charge in [-0.15, -0.1) is 11.8 Å². The molecule has 3 N–H and O–H groups in total. The van der Waals surface area contributed by atoms with Crippen molar-refractivity contribution in [2.24, 2.45) is 0 Å². The molecule has 0 saturated carbocycles. The first kappa shape index (κ1) is 28.0. The molecule has 1 heterocycles. The number of hydrogen-bond donors (Lipinski definition) is 3. The van der Waals surface area contributed by atoms with Crippen molar-refractivity contribution < 1.29 is 48.4 Å². The van der Waals surface area contributed by atoms with Gasteiger partial charge in [0.05, 0.1) is 0 Å². The number of halogens is 3. The van der Waals surface area contributed by atoms with Gasteiger partial charge in [-0.05, 0) is 44.5 Å². The molecule has 0 aromatic rings. The number of thioether (sulfide) groups is 2. The highest BCUT2D eigenvalue weighted by Gasteiger charge is 2.44. The lowest BCUT2D eigenvalue weighted by Crippen LogP contribution is -2.21. The molecule has 8 nitrogen and oxygen atoms in total. The van der Waals surface area contributed by atoms with E-state index in [2.05, 4.69) is 15.9 Å². The van der Waals surface area contributed by atoms with Crippen LogP contribution in [0.25, 0.3) is 0 Å². The van der Waals surface area contributed by atoms with Gasteiger partial charge in [-0.2, -0.15) is 41.8 Å². The summed E-state index contributed by atoms with van der Waals surface area (Å²) in [6, 6.07) is 0. The second-order valence-electron chi connectivity index (χ2n) is 4.55. The van der Waals surface area contributed by atoms with Crippen LogP contribution in [-0.2, 0) is 24.7 Å². The van der Waals surface area contributed by atoms with Gasteiger partial charge in [0.2, 0.25) is 0 Å². The third kappa shape index (κ3) is 14.9. The van der Waals surface area contributed by atoms with E-state index >= 15 is 0 Å². The molecule has 0 spiro atoms. The van der Waals surface area contributed by atoms with Crippen LogP contribution in [0.15, 0.2) is 10.7 Å². The molecule has 0 radical (unpaired) electrons. The second kappa shape index (κ2) is 12.3. The fourth-order valence-electron chi connectivity index (χ4n) is 1.15. The van der Waals surface area contributed by atoms with E-state index in [0.717, 1.165) is 0 Å². The quantitative estimate of drug-likeness (QED) is 0.322. The Balaban J connectivity index is 0. The molecule has 0 aromatic carbocycles. The highest BCUT2D eigenvalue weighted by Crippen LogP contribution is 2.21. The Labute approximate surface area is 159 Å². The maximum Gasteiger partial charge on any atom is 0.522 e. The van der Waals surface area contributed by atoms with Gasteiger partial charge >= 0.3 is 26.0 Å². The lowest BCUT2D eigenvalue weighted by Gasteiger charge is -2.11. The average Bonchev–Trinajstić information content (AvgIpc) is 3.00. The van der Waals surface area contributed by atoms with E-state index in [0.29, 0.717) is 4.91 Å². The van der Waals surface area contributed by atoms with E-state index in [1.165, 1.54) is 43.0 Å². The average molecular weight is 467 g/mol. The minimum atomic E-state index is -5.84. The molecule has 1 saturated heterocycles. The highest BCUT2D eigenvalue weighted by molar-refractivity contribution is 8.02. The summed E-state index contributed by atoms with van der Waals surface area (Å²) in [7, 11) is -10.4. The van der Waals surface area contributed by atoms with Crippen LogP contribution in [0.5, 0.6) is 0 Å². The molecular weight excluding hydrogens is 445 g/mol. The largest absolute Gasteiger partial charge is 0.522 e. The van der Waals surface area contributed by atoms with Crippen LogP contribution in [0.4, 0.5) is 13.2 Å². The van der Waals surface area contributed by atoms with Crippen LogP contribution in [0.2, 0.25) is 0 Å². The summed E-state index contributed by atoms with van der Waals surface area (Å²) in [5, 5.41) is 9.11. The fraction of sp³-hybridized carbons (Fsp3) is 0.818. The molecule has 1 fully saturated rings. The molecule has 1 unspecified atom stereocenters. The normalized spacial score (nSPS) is 17.1. The maximum absolute atomic E-state index is 10.7. The van der Waals surface area contributed by atoms with E-state index in [9.17, 15) is 21.6 Å². The monoisotopic (exact) mass is 466 g/mol. The van der Waals surface area contributed by atoms with Gasteiger partial charge in [-0.1, -0.05) is 0 Å². The number of aliphatic hydroxyl groups is 1. The fourth-order valence-corrected chi connectivity index (χ4v) is 3.12. The molecule has 15 heteroatoms. The zero-order valence-electron chi connectivity index (χ0n) is 14.1. The van der Waals surface area contributed by atoms with Crippen molar-refractivity contribution in [3.63, 3.8) is 0 Å². The Bertz CT molecular complexity index is 629. The lowest BCUT2D eigenvalue weighted by molar-refractivity contribution is -0.0510. The minimum absolute atomic E-state index is 0.157. The van der Waals surface area contributed by atoms with E-state index < -0.39 is 32.1 Å². The maximum atomic E-state index is 10.7. The van der Waals surface area contributed by atoms with Gasteiger partial charge in [-0.3, -0.25) is 9.11 Å². The molecule has 0 aliphatic carbocycles. The molecule has 1 aliphatic rings. The molecule has 1 aliphatic heterocycles. The smallest absolute Gasteiger partial charge is 0.385 e. The first-order valence-electron chi connectivity index (χ1n) is 6.74. The number of allylic oxidation sites excluding steroid dienone is 1. The van der Waals surface area contributed by atoms with Crippen molar-refractivity contribution in [3.05, 3.63) is 10.7 Å². The lowest BCUT2D eigenvalue weighted by atomic mass is 10.3. The van der Waals surface area contributed by atoms with Gasteiger partial charge in [0.15, 0.2) is 5.76 Å². The van der Waals surface area contributed by atoms with Crippen LogP contribution in [0, 0.1) is 0 Å². The van der Waals surface area contributed by atoms with Crippen molar-refractivity contribution in [2.75, 3.05) is 17.8 Å². The third-order valence-electron chi connectivity index (χ3n) is 2.35. The van der Waals surface area contributed by atoms with Crippen LogP contribution in [0.3, 0.4) is 0 Å². The highest BCUT2D eigenvalue weighted by atomic mass is 32.3. The summed E-state index contributed by atoms with van der Waals surface area (Å²) in [5.41, 5.74) is -5.53. The summed E-state index contributed by atoms with van der Waals surface area (Å²) >= 11 is 3.30. The van der Waals surface area contributed by atoms with Crippen LogP contribution in [0.1, 0.15) is 26.7 Å². The summed E-state index contributed by atoms with van der Waals surface area (Å²) < 4.78 is 90.8. The SMILES string of the molecule is C1CCSC1.CS/C(C)=C(/OS(=O)(=O)O)C(C)O.O=S(=O)(O)C(F)(F)F. The Morgan fingerprint density at radius 2 is 1.54 bits per heavy atom. The molecular formula is C11H21F3O8S4. The number of hydrogen-bond acceptors (Lipinski definition) is 8. The molecule has 1 rings (SSSR count). The topological polar surface area (TPSA) is 138 Å². The van der Waals surface area contributed by atoms with Crippen molar-refractivity contribution >= 4 is 44.0 Å². The van der Waals surface area contributed by atoms with Crippen LogP contribution >= 0.6 is 23.5 Å². The predicted molar refractivity (Wildman–Crippen MR) is 94.7 cm³/mol. The Kier molecular flexibility index (Phi) is 13.3. The third-order valence-corrected chi connectivity index (χ3v) is 5.29. The van der Waals surface area contributed by atoms with Gasteiger partial charge in [0.25, 0.3) is 0 Å². The van der Waals surface area contributed by atoms with Crippen LogP contribution < -0.4 is 0 Å². The standard InChI is InChI=1S/C6H12O5S2.C4H8S.CHF3O3S/c1-4(7)6(5(2)12-3)11-13(8,9)10;1-2-4-5-3-1;2-1(3,4)8(5,6)7/h4,7H,1-3H3,(H,8,9,10);1-4H2;(H,5,6,7)/b6-5+;;. The van der Waals surface area contributed by atoms with Crippen molar-refractivity contribution in [1.29, 1.82) is 0 Å². The molecule has 0 bridgehead atoms. The summed E-state index contributed by atoms with van der Waals surface area (Å²) in [4.78, 5) is 0.493. The first-order valence-corrected chi connectivity index (χ1v) is 11.9. The Morgan fingerprint density at radius 3 is 1.69 bits per heavy atom. The summed E-state index contributed by atoms with van der Waals surface area (Å²) in [6.07, 6.45) is 3.55. The number of aliphatic hydroxyl groups excluding tert-OH is 1. The summed E-state index contributed by atoms with van der Waals surface area (Å²) in [5.74, 6) is 2.68. The zero-order chi connectivity index (χ0) is 21.2. The Hall–Kier alpha value is -0.190. The van der Waals surface area contributed by atoms with Gasteiger partial charge in [0.1, 0.15) is 6.10 Å². The van der Waals surface area contributed by atoms with Crippen molar-refractivity contribution in [1.82, 2.24) is 0 Å². The van der Waals surface area contributed by atoms with Crippen molar-refractivity contribution in [3.8, 4) is 0 Å².